The normalized spacial score (nSPS) is 15.1. The minimum atomic E-state index is 0.640. The molecule has 1 fully saturated rings. The lowest BCUT2D eigenvalue weighted by Crippen LogP contribution is -2.26. The number of aromatic nitrogens is 1. The first-order chi connectivity index (χ1) is 8.13. The zero-order valence-corrected chi connectivity index (χ0v) is 11.1. The Kier molecular flexibility index (Phi) is 5.98. The van der Waals surface area contributed by atoms with Crippen LogP contribution in [0.15, 0.2) is 18.3 Å². The second-order valence-corrected chi connectivity index (χ2v) is 4.96. The van der Waals surface area contributed by atoms with Gasteiger partial charge in [0.2, 0.25) is 0 Å². The van der Waals surface area contributed by atoms with Gasteiger partial charge in [0.25, 0.3) is 0 Å². The molecule has 0 amide bonds. The molecule has 1 saturated heterocycles. The molecule has 2 N–H and O–H groups in total. The number of hydrogen-bond donors (Lipinski definition) is 1. The number of nitrogens with zero attached hydrogens (tertiary/aromatic N) is 1. The Morgan fingerprint density at radius 2 is 2.18 bits per heavy atom. The summed E-state index contributed by atoms with van der Waals surface area (Å²) in [5, 5.41) is 0. The van der Waals surface area contributed by atoms with Crippen molar-refractivity contribution >= 4 is 5.82 Å². The van der Waals surface area contributed by atoms with E-state index in [1.165, 1.54) is 6.42 Å². The highest BCUT2D eigenvalue weighted by Crippen LogP contribution is 2.12. The molecule has 0 spiro atoms. The van der Waals surface area contributed by atoms with Gasteiger partial charge >= 0.3 is 0 Å². The molecule has 3 heteroatoms. The van der Waals surface area contributed by atoms with Crippen LogP contribution in [0.1, 0.15) is 32.8 Å². The first-order valence-corrected chi connectivity index (χ1v) is 6.40. The Balaban J connectivity index is 0.000000202. The lowest BCUT2D eigenvalue weighted by Gasteiger charge is -2.23. The number of ether oxygens (including phenoxy) is 1. The Labute approximate surface area is 104 Å². The molecule has 0 bridgehead atoms. The molecule has 0 saturated carbocycles. The summed E-state index contributed by atoms with van der Waals surface area (Å²) in [4.78, 5) is 4.01. The SMILES string of the molecule is CC(C)Cc1cccnc1N.CCC1COC1. The predicted molar refractivity (Wildman–Crippen MR) is 71.8 cm³/mol. The zero-order chi connectivity index (χ0) is 12.7. The van der Waals surface area contributed by atoms with E-state index in [0.29, 0.717) is 11.7 Å². The van der Waals surface area contributed by atoms with Gasteiger partial charge in [0.05, 0.1) is 13.2 Å². The summed E-state index contributed by atoms with van der Waals surface area (Å²) < 4.78 is 4.93. The Hall–Kier alpha value is -1.09. The topological polar surface area (TPSA) is 48.1 Å². The lowest BCUT2D eigenvalue weighted by molar-refractivity contribution is -0.0331. The van der Waals surface area contributed by atoms with E-state index in [2.05, 4.69) is 25.8 Å². The van der Waals surface area contributed by atoms with Crippen LogP contribution in [0, 0.1) is 11.8 Å². The number of pyridine rings is 1. The number of hydrogen-bond acceptors (Lipinski definition) is 3. The average Bonchev–Trinajstić information content (AvgIpc) is 2.20. The molecule has 1 aromatic heterocycles. The molecule has 1 aliphatic rings. The van der Waals surface area contributed by atoms with E-state index in [4.69, 9.17) is 10.5 Å². The van der Waals surface area contributed by atoms with Crippen LogP contribution in [-0.2, 0) is 11.2 Å². The van der Waals surface area contributed by atoms with Gasteiger partial charge in [-0.3, -0.25) is 0 Å². The standard InChI is InChI=1S/C9H14N2.C5H10O/c1-7(2)6-8-4-3-5-11-9(8)10;1-2-5-3-6-4-5/h3-5,7H,6H2,1-2H3,(H2,10,11);5H,2-4H2,1H3. The Bertz CT molecular complexity index is 319. The van der Waals surface area contributed by atoms with E-state index in [1.807, 2.05) is 12.1 Å². The molecule has 17 heavy (non-hydrogen) atoms. The summed E-state index contributed by atoms with van der Waals surface area (Å²) in [6.45, 7) is 8.57. The van der Waals surface area contributed by atoms with Crippen LogP contribution in [-0.4, -0.2) is 18.2 Å². The van der Waals surface area contributed by atoms with Crippen LogP contribution >= 0.6 is 0 Å². The van der Waals surface area contributed by atoms with Crippen molar-refractivity contribution in [3.8, 4) is 0 Å². The third-order valence-corrected chi connectivity index (χ3v) is 2.84. The molecule has 3 nitrogen and oxygen atoms in total. The molecule has 1 aliphatic heterocycles. The maximum atomic E-state index is 5.66. The summed E-state index contributed by atoms with van der Waals surface area (Å²) >= 11 is 0. The van der Waals surface area contributed by atoms with E-state index in [0.717, 1.165) is 31.1 Å². The van der Waals surface area contributed by atoms with E-state index in [1.54, 1.807) is 6.20 Å². The van der Waals surface area contributed by atoms with Gasteiger partial charge in [0.15, 0.2) is 0 Å². The minimum absolute atomic E-state index is 0.640. The van der Waals surface area contributed by atoms with Gasteiger partial charge in [-0.15, -0.1) is 0 Å². The number of nitrogen functional groups attached to an aromatic ring is 1. The predicted octanol–water partition coefficient (Wildman–Crippen LogP) is 2.91. The lowest BCUT2D eigenvalue weighted by atomic mass is 10.0. The molecule has 0 atom stereocenters. The van der Waals surface area contributed by atoms with Gasteiger partial charge in [-0.2, -0.15) is 0 Å². The van der Waals surface area contributed by atoms with E-state index in [9.17, 15) is 0 Å². The molecule has 1 aromatic rings. The second kappa shape index (κ2) is 7.28. The van der Waals surface area contributed by atoms with Crippen LogP contribution < -0.4 is 5.73 Å². The third kappa shape index (κ3) is 5.18. The summed E-state index contributed by atoms with van der Waals surface area (Å²) in [7, 11) is 0. The van der Waals surface area contributed by atoms with Crippen molar-refractivity contribution in [3.63, 3.8) is 0 Å². The largest absolute Gasteiger partial charge is 0.383 e. The fraction of sp³-hybridized carbons (Fsp3) is 0.643. The monoisotopic (exact) mass is 236 g/mol. The van der Waals surface area contributed by atoms with Crippen LogP contribution in [0.4, 0.5) is 5.82 Å². The second-order valence-electron chi connectivity index (χ2n) is 4.96. The van der Waals surface area contributed by atoms with Crippen molar-refractivity contribution in [2.45, 2.75) is 33.6 Å². The first-order valence-electron chi connectivity index (χ1n) is 6.40. The number of nitrogens with two attached hydrogens (primary N) is 1. The Morgan fingerprint density at radius 1 is 1.47 bits per heavy atom. The maximum Gasteiger partial charge on any atom is 0.126 e. The van der Waals surface area contributed by atoms with Crippen LogP contribution in [0.25, 0.3) is 0 Å². The summed E-state index contributed by atoms with van der Waals surface area (Å²) in [5.41, 5.74) is 6.81. The van der Waals surface area contributed by atoms with Crippen molar-refractivity contribution in [2.75, 3.05) is 18.9 Å². The third-order valence-electron chi connectivity index (χ3n) is 2.84. The van der Waals surface area contributed by atoms with Gasteiger partial charge in [0.1, 0.15) is 5.82 Å². The van der Waals surface area contributed by atoms with Crippen LogP contribution in [0.5, 0.6) is 0 Å². The fourth-order valence-corrected chi connectivity index (χ4v) is 1.58. The van der Waals surface area contributed by atoms with E-state index in [-0.39, 0.29) is 0 Å². The van der Waals surface area contributed by atoms with Crippen molar-refractivity contribution < 1.29 is 4.74 Å². The summed E-state index contributed by atoms with van der Waals surface area (Å²) in [6, 6.07) is 3.95. The molecular weight excluding hydrogens is 212 g/mol. The quantitative estimate of drug-likeness (QED) is 0.877. The van der Waals surface area contributed by atoms with Gasteiger partial charge in [-0.1, -0.05) is 26.8 Å². The summed E-state index contributed by atoms with van der Waals surface area (Å²) in [6.07, 6.45) is 4.03. The van der Waals surface area contributed by atoms with Crippen molar-refractivity contribution in [1.29, 1.82) is 0 Å². The highest BCUT2D eigenvalue weighted by Gasteiger charge is 2.14. The van der Waals surface area contributed by atoms with Crippen molar-refractivity contribution in [3.05, 3.63) is 23.9 Å². The highest BCUT2D eigenvalue weighted by atomic mass is 16.5. The van der Waals surface area contributed by atoms with Crippen molar-refractivity contribution in [1.82, 2.24) is 4.98 Å². The van der Waals surface area contributed by atoms with Gasteiger partial charge in [-0.05, 0) is 30.4 Å². The molecule has 96 valence electrons. The van der Waals surface area contributed by atoms with E-state index >= 15 is 0 Å². The van der Waals surface area contributed by atoms with Gasteiger partial charge in [-0.25, -0.2) is 4.98 Å². The first kappa shape index (κ1) is 14.0. The number of anilines is 1. The number of rotatable bonds is 3. The molecule has 0 aliphatic carbocycles. The van der Waals surface area contributed by atoms with Crippen LogP contribution in [0.2, 0.25) is 0 Å². The molecule has 0 radical (unpaired) electrons. The average molecular weight is 236 g/mol. The van der Waals surface area contributed by atoms with E-state index < -0.39 is 0 Å². The van der Waals surface area contributed by atoms with Crippen LogP contribution in [0.3, 0.4) is 0 Å². The molecular formula is C14H24N2O. The minimum Gasteiger partial charge on any atom is -0.383 e. The van der Waals surface area contributed by atoms with Crippen molar-refractivity contribution in [2.24, 2.45) is 11.8 Å². The molecule has 0 unspecified atom stereocenters. The smallest absolute Gasteiger partial charge is 0.126 e. The zero-order valence-electron chi connectivity index (χ0n) is 11.1. The maximum absolute atomic E-state index is 5.66. The molecule has 2 heterocycles. The van der Waals surface area contributed by atoms with Gasteiger partial charge < -0.3 is 10.5 Å². The molecule has 0 aromatic carbocycles. The fourth-order valence-electron chi connectivity index (χ4n) is 1.58. The summed E-state index contributed by atoms with van der Waals surface area (Å²) in [5.74, 6) is 2.20. The molecule has 2 rings (SSSR count). The Morgan fingerprint density at radius 3 is 2.53 bits per heavy atom. The highest BCUT2D eigenvalue weighted by molar-refractivity contribution is 5.38. The van der Waals surface area contributed by atoms with Gasteiger partial charge in [0, 0.05) is 12.1 Å².